The zero-order chi connectivity index (χ0) is 26.7. The topological polar surface area (TPSA) is 105 Å². The average molecular weight is 520 g/mol. The molecule has 36 heavy (non-hydrogen) atoms. The van der Waals surface area contributed by atoms with Crippen molar-refractivity contribution in [2.24, 2.45) is 0 Å². The van der Waals surface area contributed by atoms with Crippen LogP contribution in [0.25, 0.3) is 0 Å². The SMILES string of the molecule is CCCNC(=O)C(CC)N(Cc1ccc(OC)cc1)C(=O)CN(c1ccccc1OCC)S(C)(=O)=O. The molecule has 0 bridgehead atoms. The third kappa shape index (κ3) is 7.87. The number of hydrogen-bond donors (Lipinski definition) is 1. The number of carbonyl (C=O) groups is 2. The number of rotatable bonds is 14. The van der Waals surface area contributed by atoms with Crippen LogP contribution in [0.5, 0.6) is 11.5 Å². The van der Waals surface area contributed by atoms with Crippen molar-refractivity contribution in [2.75, 3.05) is 37.4 Å². The molecule has 9 nitrogen and oxygen atoms in total. The van der Waals surface area contributed by atoms with Crippen molar-refractivity contribution < 1.29 is 27.5 Å². The second-order valence-corrected chi connectivity index (χ2v) is 10.2. The van der Waals surface area contributed by atoms with Crippen molar-refractivity contribution >= 4 is 27.5 Å². The Morgan fingerprint density at radius 1 is 1.03 bits per heavy atom. The van der Waals surface area contributed by atoms with E-state index in [9.17, 15) is 18.0 Å². The number of para-hydroxylation sites is 2. The molecular formula is C26H37N3O6S. The van der Waals surface area contributed by atoms with Crippen molar-refractivity contribution in [2.45, 2.75) is 46.2 Å². The number of methoxy groups -OCH3 is 1. The van der Waals surface area contributed by atoms with Gasteiger partial charge in [0.15, 0.2) is 0 Å². The molecule has 2 aromatic carbocycles. The quantitative estimate of drug-likeness (QED) is 0.411. The summed E-state index contributed by atoms with van der Waals surface area (Å²) >= 11 is 0. The molecule has 198 valence electrons. The highest BCUT2D eigenvalue weighted by Gasteiger charge is 2.32. The number of nitrogens with one attached hydrogen (secondary N) is 1. The molecule has 1 N–H and O–H groups in total. The van der Waals surface area contributed by atoms with Crippen molar-refractivity contribution in [1.82, 2.24) is 10.2 Å². The molecule has 0 spiro atoms. The Kier molecular flexibility index (Phi) is 11.0. The van der Waals surface area contributed by atoms with Crippen LogP contribution in [0.3, 0.4) is 0 Å². The summed E-state index contributed by atoms with van der Waals surface area (Å²) in [4.78, 5) is 28.1. The van der Waals surface area contributed by atoms with Gasteiger partial charge in [-0.1, -0.05) is 38.1 Å². The van der Waals surface area contributed by atoms with E-state index in [0.717, 1.165) is 22.5 Å². The number of anilines is 1. The van der Waals surface area contributed by atoms with Gasteiger partial charge in [0.1, 0.15) is 24.1 Å². The summed E-state index contributed by atoms with van der Waals surface area (Å²) in [5, 5.41) is 2.86. The van der Waals surface area contributed by atoms with E-state index < -0.39 is 28.5 Å². The van der Waals surface area contributed by atoms with Crippen LogP contribution in [0.1, 0.15) is 39.2 Å². The zero-order valence-electron chi connectivity index (χ0n) is 21.7. The van der Waals surface area contributed by atoms with Crippen molar-refractivity contribution in [3.8, 4) is 11.5 Å². The van der Waals surface area contributed by atoms with E-state index in [2.05, 4.69) is 5.32 Å². The molecule has 0 aromatic heterocycles. The van der Waals surface area contributed by atoms with Gasteiger partial charge in [-0.25, -0.2) is 8.42 Å². The second kappa shape index (κ2) is 13.7. The van der Waals surface area contributed by atoms with E-state index in [0.29, 0.717) is 31.1 Å². The van der Waals surface area contributed by atoms with Crippen LogP contribution in [-0.2, 0) is 26.2 Å². The molecule has 1 atom stereocenters. The van der Waals surface area contributed by atoms with E-state index >= 15 is 0 Å². The van der Waals surface area contributed by atoms with Crippen LogP contribution in [-0.4, -0.2) is 64.2 Å². The minimum absolute atomic E-state index is 0.131. The van der Waals surface area contributed by atoms with E-state index in [1.54, 1.807) is 50.4 Å². The molecule has 0 saturated heterocycles. The van der Waals surface area contributed by atoms with Crippen LogP contribution in [0, 0.1) is 0 Å². The molecule has 0 fully saturated rings. The summed E-state index contributed by atoms with van der Waals surface area (Å²) < 4.78 is 37.4. The Morgan fingerprint density at radius 3 is 2.25 bits per heavy atom. The van der Waals surface area contributed by atoms with Crippen molar-refractivity contribution in [3.05, 3.63) is 54.1 Å². The predicted molar refractivity (Wildman–Crippen MR) is 141 cm³/mol. The molecule has 0 aliphatic heterocycles. The van der Waals surface area contributed by atoms with Gasteiger partial charge in [0.2, 0.25) is 21.8 Å². The maximum Gasteiger partial charge on any atom is 0.244 e. The number of carbonyl (C=O) groups excluding carboxylic acids is 2. The number of ether oxygens (including phenoxy) is 2. The highest BCUT2D eigenvalue weighted by atomic mass is 32.2. The molecule has 0 saturated carbocycles. The fourth-order valence-electron chi connectivity index (χ4n) is 3.75. The highest BCUT2D eigenvalue weighted by Crippen LogP contribution is 2.30. The molecule has 0 aliphatic carbocycles. The van der Waals surface area contributed by atoms with Gasteiger partial charge in [0.05, 0.1) is 25.7 Å². The van der Waals surface area contributed by atoms with Crippen LogP contribution >= 0.6 is 0 Å². The second-order valence-electron chi connectivity index (χ2n) is 8.26. The molecule has 1 unspecified atom stereocenters. The van der Waals surface area contributed by atoms with Gasteiger partial charge in [-0.05, 0) is 49.6 Å². The summed E-state index contributed by atoms with van der Waals surface area (Å²) in [5.41, 5.74) is 1.05. The van der Waals surface area contributed by atoms with E-state index in [-0.39, 0.29) is 18.1 Å². The van der Waals surface area contributed by atoms with Gasteiger partial charge in [-0.2, -0.15) is 0 Å². The lowest BCUT2D eigenvalue weighted by atomic mass is 10.1. The number of sulfonamides is 1. The lowest BCUT2D eigenvalue weighted by Crippen LogP contribution is -2.52. The Labute approximate surface area is 214 Å². The maximum atomic E-state index is 13.7. The van der Waals surface area contributed by atoms with Gasteiger partial charge in [-0.15, -0.1) is 0 Å². The van der Waals surface area contributed by atoms with Gasteiger partial charge < -0.3 is 19.7 Å². The molecule has 0 heterocycles. The van der Waals surface area contributed by atoms with Gasteiger partial charge in [-0.3, -0.25) is 13.9 Å². The first-order chi connectivity index (χ1) is 17.2. The van der Waals surface area contributed by atoms with E-state index in [4.69, 9.17) is 9.47 Å². The lowest BCUT2D eigenvalue weighted by molar-refractivity contribution is -0.140. The predicted octanol–water partition coefficient (Wildman–Crippen LogP) is 3.19. The van der Waals surface area contributed by atoms with Gasteiger partial charge in [0.25, 0.3) is 0 Å². The summed E-state index contributed by atoms with van der Waals surface area (Å²) in [6.07, 6.45) is 2.17. The van der Waals surface area contributed by atoms with Crippen molar-refractivity contribution in [1.29, 1.82) is 0 Å². The van der Waals surface area contributed by atoms with E-state index in [1.807, 2.05) is 26.0 Å². The van der Waals surface area contributed by atoms with Gasteiger partial charge >= 0.3 is 0 Å². The minimum Gasteiger partial charge on any atom is -0.497 e. The first-order valence-corrected chi connectivity index (χ1v) is 13.9. The smallest absolute Gasteiger partial charge is 0.244 e. The number of benzene rings is 2. The summed E-state index contributed by atoms with van der Waals surface area (Å²) in [7, 11) is -2.28. The molecule has 2 aromatic rings. The maximum absolute atomic E-state index is 13.7. The Bertz CT molecular complexity index is 1100. The normalized spacial score (nSPS) is 11.9. The zero-order valence-corrected chi connectivity index (χ0v) is 22.5. The highest BCUT2D eigenvalue weighted by molar-refractivity contribution is 7.92. The minimum atomic E-state index is -3.85. The fourth-order valence-corrected chi connectivity index (χ4v) is 4.60. The molecule has 0 aliphatic rings. The first kappa shape index (κ1) is 29.0. The van der Waals surface area contributed by atoms with Crippen molar-refractivity contribution in [3.63, 3.8) is 0 Å². The Morgan fingerprint density at radius 2 is 1.69 bits per heavy atom. The molecule has 0 radical (unpaired) electrons. The Balaban J connectivity index is 2.46. The largest absolute Gasteiger partial charge is 0.497 e. The lowest BCUT2D eigenvalue weighted by Gasteiger charge is -2.33. The summed E-state index contributed by atoms with van der Waals surface area (Å²) in [6.45, 7) is 6.04. The van der Waals surface area contributed by atoms with Gasteiger partial charge in [0, 0.05) is 13.1 Å². The molecule has 2 rings (SSSR count). The molecule has 10 heteroatoms. The fraction of sp³-hybridized carbons (Fsp3) is 0.462. The van der Waals surface area contributed by atoms with Crippen LogP contribution in [0.4, 0.5) is 5.69 Å². The standard InChI is InChI=1S/C26H37N3O6S/c1-6-17-27-26(31)22(7-2)28(18-20-13-15-21(34-4)16-14-20)25(30)19-29(36(5,32)33)23-11-9-10-12-24(23)35-8-3/h9-16,22H,6-8,17-19H2,1-5H3,(H,27,31). The number of amides is 2. The molecule has 2 amide bonds. The van der Waals surface area contributed by atoms with Crippen LogP contribution in [0.2, 0.25) is 0 Å². The van der Waals surface area contributed by atoms with Crippen LogP contribution < -0.4 is 19.1 Å². The van der Waals surface area contributed by atoms with Crippen LogP contribution in [0.15, 0.2) is 48.5 Å². The monoisotopic (exact) mass is 519 g/mol. The average Bonchev–Trinajstić information content (AvgIpc) is 2.86. The summed E-state index contributed by atoms with van der Waals surface area (Å²) in [6, 6.07) is 13.1. The number of nitrogens with zero attached hydrogens (tertiary/aromatic N) is 2. The third-order valence-electron chi connectivity index (χ3n) is 5.56. The molecular weight excluding hydrogens is 482 g/mol. The number of hydrogen-bond acceptors (Lipinski definition) is 6. The van der Waals surface area contributed by atoms with E-state index in [1.165, 1.54) is 4.90 Å². The summed E-state index contributed by atoms with van der Waals surface area (Å²) in [5.74, 6) is 0.246. The third-order valence-corrected chi connectivity index (χ3v) is 6.69. The first-order valence-electron chi connectivity index (χ1n) is 12.1. The Hall–Kier alpha value is -3.27.